The van der Waals surface area contributed by atoms with Crippen molar-refractivity contribution in [3.63, 3.8) is 0 Å². The number of nitrogens with zero attached hydrogens (tertiary/aromatic N) is 1. The minimum atomic E-state index is 1.17. The monoisotopic (exact) mass is 289 g/mol. The van der Waals surface area contributed by atoms with Crippen molar-refractivity contribution in [2.75, 3.05) is 0 Å². The van der Waals surface area contributed by atoms with Crippen molar-refractivity contribution in [3.8, 4) is 0 Å². The van der Waals surface area contributed by atoms with Crippen molar-refractivity contribution in [2.45, 2.75) is 12.8 Å². The van der Waals surface area contributed by atoms with Crippen molar-refractivity contribution >= 4 is 49.3 Å². The molecule has 0 N–H and O–H groups in total. The SMILES string of the molecule is Cn1c2ccccc2c2ccc3c4c(sc3c21)C=CCC4. The number of thiophene rings is 1. The van der Waals surface area contributed by atoms with Gasteiger partial charge in [-0.15, -0.1) is 11.3 Å². The number of para-hydroxylation sites is 1. The van der Waals surface area contributed by atoms with Gasteiger partial charge in [-0.2, -0.15) is 0 Å². The van der Waals surface area contributed by atoms with Crippen molar-refractivity contribution in [1.82, 2.24) is 4.57 Å². The summed E-state index contributed by atoms with van der Waals surface area (Å²) in [5.74, 6) is 0. The standard InChI is InChI=1S/C19H15NS/c1-20-16-8-4-2-6-12(16)14-10-11-15-13-7-3-5-9-17(13)21-19(15)18(14)20/h2,4-6,8-11H,3,7H2,1H3. The minimum Gasteiger partial charge on any atom is -0.342 e. The maximum absolute atomic E-state index is 2.36. The molecule has 2 heterocycles. The van der Waals surface area contributed by atoms with Gasteiger partial charge in [-0.25, -0.2) is 0 Å². The van der Waals surface area contributed by atoms with E-state index in [0.717, 1.165) is 0 Å². The van der Waals surface area contributed by atoms with Gasteiger partial charge >= 0.3 is 0 Å². The number of benzene rings is 2. The van der Waals surface area contributed by atoms with Crippen molar-refractivity contribution < 1.29 is 0 Å². The van der Waals surface area contributed by atoms with Crippen LogP contribution in [0.4, 0.5) is 0 Å². The summed E-state index contributed by atoms with van der Waals surface area (Å²) >= 11 is 1.95. The molecule has 0 fully saturated rings. The Kier molecular flexibility index (Phi) is 2.20. The molecule has 4 aromatic rings. The summed E-state index contributed by atoms with van der Waals surface area (Å²) in [5, 5.41) is 4.19. The van der Waals surface area contributed by atoms with Crippen molar-refractivity contribution in [3.05, 3.63) is 52.9 Å². The average molecular weight is 289 g/mol. The predicted molar refractivity (Wildman–Crippen MR) is 93.2 cm³/mol. The van der Waals surface area contributed by atoms with E-state index in [4.69, 9.17) is 0 Å². The fourth-order valence-electron chi connectivity index (χ4n) is 3.69. The molecule has 0 unspecified atom stereocenters. The lowest BCUT2D eigenvalue weighted by Gasteiger charge is -2.04. The summed E-state index contributed by atoms with van der Waals surface area (Å²) in [4.78, 5) is 1.45. The highest BCUT2D eigenvalue weighted by atomic mass is 32.1. The van der Waals surface area contributed by atoms with Crippen LogP contribution in [-0.4, -0.2) is 4.57 Å². The first kappa shape index (κ1) is 11.6. The number of aryl methyl sites for hydroxylation is 2. The molecule has 0 aliphatic heterocycles. The van der Waals surface area contributed by atoms with Crippen LogP contribution in [0.1, 0.15) is 16.9 Å². The molecule has 102 valence electrons. The van der Waals surface area contributed by atoms with E-state index in [2.05, 4.69) is 60.2 Å². The van der Waals surface area contributed by atoms with Crippen LogP contribution in [0.3, 0.4) is 0 Å². The molecule has 2 aromatic carbocycles. The molecule has 1 aliphatic carbocycles. The van der Waals surface area contributed by atoms with Crippen LogP contribution in [0.2, 0.25) is 0 Å². The van der Waals surface area contributed by atoms with Crippen molar-refractivity contribution in [1.29, 1.82) is 0 Å². The first-order valence-electron chi connectivity index (χ1n) is 7.42. The molecule has 21 heavy (non-hydrogen) atoms. The van der Waals surface area contributed by atoms with Gasteiger partial charge in [-0.1, -0.05) is 36.4 Å². The summed E-state index contributed by atoms with van der Waals surface area (Å²) in [6, 6.07) is 13.4. The zero-order valence-electron chi connectivity index (χ0n) is 11.9. The van der Waals surface area contributed by atoms with Crippen LogP contribution in [0, 0.1) is 0 Å². The van der Waals surface area contributed by atoms with E-state index in [-0.39, 0.29) is 0 Å². The quantitative estimate of drug-likeness (QED) is 0.402. The number of hydrogen-bond donors (Lipinski definition) is 0. The summed E-state index contributed by atoms with van der Waals surface area (Å²) in [7, 11) is 2.19. The Hall–Kier alpha value is -2.06. The Morgan fingerprint density at radius 1 is 1.00 bits per heavy atom. The summed E-state index contributed by atoms with van der Waals surface area (Å²) in [6.45, 7) is 0. The Labute approximate surface area is 127 Å². The van der Waals surface area contributed by atoms with Gasteiger partial charge in [0.15, 0.2) is 0 Å². The van der Waals surface area contributed by atoms with E-state index in [1.807, 2.05) is 11.3 Å². The third-order valence-corrected chi connectivity index (χ3v) is 5.91. The van der Waals surface area contributed by atoms with Crippen LogP contribution in [0.15, 0.2) is 42.5 Å². The van der Waals surface area contributed by atoms with Gasteiger partial charge in [0.25, 0.3) is 0 Å². The van der Waals surface area contributed by atoms with Gasteiger partial charge in [0.05, 0.1) is 10.2 Å². The fraction of sp³-hybridized carbons (Fsp3) is 0.158. The lowest BCUT2D eigenvalue weighted by atomic mass is 10.0. The van der Waals surface area contributed by atoms with Gasteiger partial charge in [0.2, 0.25) is 0 Å². The predicted octanol–water partition coefficient (Wildman–Crippen LogP) is 5.51. The zero-order valence-corrected chi connectivity index (χ0v) is 12.7. The van der Waals surface area contributed by atoms with E-state index < -0.39 is 0 Å². The molecule has 0 saturated carbocycles. The molecule has 2 heteroatoms. The van der Waals surface area contributed by atoms with Crippen LogP contribution in [0.25, 0.3) is 38.0 Å². The second-order valence-corrected chi connectivity index (χ2v) is 6.85. The Bertz CT molecular complexity index is 1050. The average Bonchev–Trinajstić information content (AvgIpc) is 3.04. The summed E-state index contributed by atoms with van der Waals surface area (Å²) in [5.41, 5.74) is 4.26. The Morgan fingerprint density at radius 2 is 1.86 bits per heavy atom. The molecule has 5 rings (SSSR count). The first-order valence-corrected chi connectivity index (χ1v) is 8.24. The molecular weight excluding hydrogens is 274 g/mol. The third kappa shape index (κ3) is 1.41. The molecule has 0 saturated heterocycles. The Balaban J connectivity index is 2.05. The van der Waals surface area contributed by atoms with E-state index in [9.17, 15) is 0 Å². The smallest absolute Gasteiger partial charge is 0.0670 e. The van der Waals surface area contributed by atoms with Gasteiger partial charge < -0.3 is 4.57 Å². The molecule has 0 atom stereocenters. The van der Waals surface area contributed by atoms with Gasteiger partial charge in [-0.05, 0) is 35.9 Å². The van der Waals surface area contributed by atoms with Gasteiger partial charge in [0.1, 0.15) is 0 Å². The van der Waals surface area contributed by atoms with E-state index >= 15 is 0 Å². The van der Waals surface area contributed by atoms with Crippen LogP contribution < -0.4 is 0 Å². The van der Waals surface area contributed by atoms with Gasteiger partial charge in [0, 0.05) is 28.2 Å². The Morgan fingerprint density at radius 3 is 2.81 bits per heavy atom. The van der Waals surface area contributed by atoms with Crippen LogP contribution in [-0.2, 0) is 13.5 Å². The molecular formula is C19H15NS. The third-order valence-electron chi connectivity index (χ3n) is 4.69. The number of hydrogen-bond acceptors (Lipinski definition) is 1. The highest BCUT2D eigenvalue weighted by molar-refractivity contribution is 7.21. The highest BCUT2D eigenvalue weighted by Gasteiger charge is 2.17. The topological polar surface area (TPSA) is 4.93 Å². The first-order chi connectivity index (χ1) is 10.3. The number of allylic oxidation sites excluding steroid dienone is 1. The second kappa shape index (κ2) is 3.99. The second-order valence-electron chi connectivity index (χ2n) is 5.80. The van der Waals surface area contributed by atoms with Crippen molar-refractivity contribution in [2.24, 2.45) is 7.05 Å². The summed E-state index contributed by atoms with van der Waals surface area (Å²) < 4.78 is 3.81. The lowest BCUT2D eigenvalue weighted by molar-refractivity contribution is 1.00. The van der Waals surface area contributed by atoms with E-state index in [1.54, 1.807) is 5.56 Å². The molecule has 0 spiro atoms. The number of rotatable bonds is 0. The molecule has 0 amide bonds. The maximum atomic E-state index is 2.36. The zero-order chi connectivity index (χ0) is 14.0. The minimum absolute atomic E-state index is 1.17. The molecule has 0 bridgehead atoms. The van der Waals surface area contributed by atoms with E-state index in [0.29, 0.717) is 0 Å². The molecule has 1 aliphatic rings. The summed E-state index contributed by atoms with van der Waals surface area (Å²) in [6.07, 6.45) is 6.96. The van der Waals surface area contributed by atoms with Crippen LogP contribution >= 0.6 is 11.3 Å². The van der Waals surface area contributed by atoms with E-state index in [1.165, 1.54) is 49.6 Å². The molecule has 0 radical (unpaired) electrons. The molecule has 2 aromatic heterocycles. The highest BCUT2D eigenvalue weighted by Crippen LogP contribution is 2.41. The maximum Gasteiger partial charge on any atom is 0.0670 e. The number of aromatic nitrogens is 1. The largest absolute Gasteiger partial charge is 0.342 e. The number of fused-ring (bicyclic) bond motifs is 7. The van der Waals surface area contributed by atoms with Gasteiger partial charge in [-0.3, -0.25) is 0 Å². The normalized spacial score (nSPS) is 14.3. The lowest BCUT2D eigenvalue weighted by Crippen LogP contribution is -1.89. The molecule has 1 nitrogen and oxygen atoms in total. The van der Waals surface area contributed by atoms with Crippen LogP contribution in [0.5, 0.6) is 0 Å². The fourth-order valence-corrected chi connectivity index (χ4v) is 5.06.